The average molecular weight is 394 g/mol. The van der Waals surface area contributed by atoms with Crippen LogP contribution in [0.15, 0.2) is 27.1 Å². The zero-order chi connectivity index (χ0) is 17.3. The Morgan fingerprint density at radius 2 is 2.04 bits per heavy atom. The summed E-state index contributed by atoms with van der Waals surface area (Å²) in [7, 11) is 0. The van der Waals surface area contributed by atoms with E-state index in [-0.39, 0.29) is 18.3 Å². The summed E-state index contributed by atoms with van der Waals surface area (Å²) < 4.78 is 11.7. The maximum absolute atomic E-state index is 12.3. The zero-order valence-corrected chi connectivity index (χ0v) is 15.4. The highest BCUT2D eigenvalue weighted by Gasteiger charge is 2.24. The zero-order valence-electron chi connectivity index (χ0n) is 13.8. The van der Waals surface area contributed by atoms with E-state index in [0.29, 0.717) is 11.5 Å². The maximum atomic E-state index is 12.3. The molecule has 1 aliphatic heterocycles. The quantitative estimate of drug-likeness (QED) is 0.741. The van der Waals surface area contributed by atoms with Gasteiger partial charge in [-0.25, -0.2) is 4.79 Å². The summed E-state index contributed by atoms with van der Waals surface area (Å²) >= 11 is 3.40. The van der Waals surface area contributed by atoms with E-state index in [1.165, 1.54) is 0 Å². The first kappa shape index (κ1) is 17.0. The number of hydrogen-bond donors (Lipinski definition) is 0. The van der Waals surface area contributed by atoms with Crippen LogP contribution in [0.2, 0.25) is 0 Å². The van der Waals surface area contributed by atoms with Crippen LogP contribution >= 0.6 is 15.9 Å². The topological polar surface area (TPSA) is 59.8 Å². The van der Waals surface area contributed by atoms with E-state index in [9.17, 15) is 9.59 Å². The molecule has 0 atom stereocenters. The summed E-state index contributed by atoms with van der Waals surface area (Å²) in [4.78, 5) is 26.2. The number of carbonyl (C=O) groups is 2. The van der Waals surface area contributed by atoms with Gasteiger partial charge in [-0.1, -0.05) is 22.9 Å². The van der Waals surface area contributed by atoms with Crippen LogP contribution in [0.25, 0.3) is 11.0 Å². The highest BCUT2D eigenvalue weighted by atomic mass is 79.9. The molecule has 0 aliphatic carbocycles. The van der Waals surface area contributed by atoms with Gasteiger partial charge in [-0.3, -0.25) is 4.79 Å². The van der Waals surface area contributed by atoms with Gasteiger partial charge >= 0.3 is 5.97 Å². The minimum absolute atomic E-state index is 0.147. The lowest BCUT2D eigenvalue weighted by atomic mass is 9.99. The van der Waals surface area contributed by atoms with Gasteiger partial charge in [0.2, 0.25) is 5.76 Å². The molecule has 0 saturated carbocycles. The molecule has 0 N–H and O–H groups in total. The monoisotopic (exact) mass is 393 g/mol. The number of piperidine rings is 1. The van der Waals surface area contributed by atoms with Crippen molar-refractivity contribution in [2.24, 2.45) is 5.92 Å². The van der Waals surface area contributed by atoms with E-state index < -0.39 is 5.97 Å². The number of nitrogens with zero attached hydrogens (tertiary/aromatic N) is 1. The molecule has 2 aromatic rings. The molecule has 1 aliphatic rings. The fourth-order valence-electron chi connectivity index (χ4n) is 2.93. The van der Waals surface area contributed by atoms with Gasteiger partial charge in [0.1, 0.15) is 5.58 Å². The smallest absolute Gasteiger partial charge is 0.375 e. The molecule has 0 spiro atoms. The molecule has 24 heavy (non-hydrogen) atoms. The molecule has 3 rings (SSSR count). The van der Waals surface area contributed by atoms with Gasteiger partial charge < -0.3 is 14.1 Å². The van der Waals surface area contributed by atoms with Gasteiger partial charge in [-0.05, 0) is 43.9 Å². The van der Waals surface area contributed by atoms with Gasteiger partial charge in [-0.2, -0.15) is 0 Å². The summed E-state index contributed by atoms with van der Waals surface area (Å²) in [6, 6.07) is 5.54. The fraction of sp³-hybridized carbons (Fsp3) is 0.444. The summed E-state index contributed by atoms with van der Waals surface area (Å²) in [5.74, 6) is 0.0580. The van der Waals surface area contributed by atoms with Gasteiger partial charge in [0, 0.05) is 28.5 Å². The van der Waals surface area contributed by atoms with Gasteiger partial charge in [0.15, 0.2) is 6.61 Å². The lowest BCUT2D eigenvalue weighted by Gasteiger charge is -2.30. The van der Waals surface area contributed by atoms with Crippen LogP contribution in [-0.4, -0.2) is 36.5 Å². The molecule has 1 aromatic heterocycles. The van der Waals surface area contributed by atoms with Crippen LogP contribution in [0.3, 0.4) is 0 Å². The lowest BCUT2D eigenvalue weighted by molar-refractivity contribution is -0.135. The second-order valence-corrected chi connectivity index (χ2v) is 7.25. The van der Waals surface area contributed by atoms with Gasteiger partial charge in [0.25, 0.3) is 5.91 Å². The normalized spacial score (nSPS) is 15.7. The number of rotatable bonds is 3. The van der Waals surface area contributed by atoms with Gasteiger partial charge in [0.05, 0.1) is 0 Å². The second kappa shape index (κ2) is 6.97. The molecule has 0 radical (unpaired) electrons. The van der Waals surface area contributed by atoms with Crippen molar-refractivity contribution in [2.45, 2.75) is 26.7 Å². The Balaban J connectivity index is 1.65. The van der Waals surface area contributed by atoms with Crippen LogP contribution in [0.4, 0.5) is 0 Å². The molecule has 2 heterocycles. The third-order valence-electron chi connectivity index (χ3n) is 4.55. The number of furan rings is 1. The van der Waals surface area contributed by atoms with Crippen LogP contribution < -0.4 is 0 Å². The number of halogens is 1. The number of likely N-dealkylation sites (tertiary alicyclic amines) is 1. The van der Waals surface area contributed by atoms with Crippen molar-refractivity contribution >= 4 is 38.8 Å². The van der Waals surface area contributed by atoms with E-state index in [2.05, 4.69) is 22.9 Å². The molecule has 1 fully saturated rings. The third kappa shape index (κ3) is 3.48. The summed E-state index contributed by atoms with van der Waals surface area (Å²) in [6.45, 7) is 5.21. The van der Waals surface area contributed by atoms with E-state index in [1.807, 2.05) is 19.1 Å². The molecular formula is C18H20BrNO4. The Hall–Kier alpha value is -1.82. The van der Waals surface area contributed by atoms with Crippen LogP contribution in [0, 0.1) is 12.8 Å². The number of ether oxygens (including phenoxy) is 1. The van der Waals surface area contributed by atoms with Crippen molar-refractivity contribution < 1.29 is 18.7 Å². The summed E-state index contributed by atoms with van der Waals surface area (Å²) in [6.07, 6.45) is 1.99. The number of fused-ring (bicyclic) bond motifs is 1. The highest BCUT2D eigenvalue weighted by molar-refractivity contribution is 9.10. The van der Waals surface area contributed by atoms with Crippen LogP contribution in [0.1, 0.15) is 35.9 Å². The van der Waals surface area contributed by atoms with Crippen LogP contribution in [-0.2, 0) is 9.53 Å². The Kier molecular flexibility index (Phi) is 4.94. The molecule has 1 amide bonds. The summed E-state index contributed by atoms with van der Waals surface area (Å²) in [5, 5.41) is 0.854. The SMILES string of the molecule is Cc1c(C(=O)OCC(=O)N2CCC(C)CC2)oc2ccc(Br)cc12. The van der Waals surface area contributed by atoms with E-state index in [1.54, 1.807) is 11.0 Å². The first-order valence-electron chi connectivity index (χ1n) is 8.09. The molecule has 0 bridgehead atoms. The number of esters is 1. The van der Waals surface area contributed by atoms with Crippen molar-refractivity contribution in [3.05, 3.63) is 34.0 Å². The molecule has 1 aromatic carbocycles. The molecule has 128 valence electrons. The Labute approximate surface area is 149 Å². The highest BCUT2D eigenvalue weighted by Crippen LogP contribution is 2.28. The molecule has 0 unspecified atom stereocenters. The number of benzene rings is 1. The van der Waals surface area contributed by atoms with Crippen molar-refractivity contribution in [1.82, 2.24) is 4.90 Å². The molecule has 1 saturated heterocycles. The number of amides is 1. The molecule has 6 heteroatoms. The molecule has 5 nitrogen and oxygen atoms in total. The second-order valence-electron chi connectivity index (χ2n) is 6.34. The van der Waals surface area contributed by atoms with Crippen molar-refractivity contribution in [1.29, 1.82) is 0 Å². The average Bonchev–Trinajstić information content (AvgIpc) is 2.89. The maximum Gasteiger partial charge on any atom is 0.375 e. The number of carbonyl (C=O) groups excluding carboxylic acids is 2. The summed E-state index contributed by atoms with van der Waals surface area (Å²) in [5.41, 5.74) is 1.34. The largest absolute Gasteiger partial charge is 0.450 e. The lowest BCUT2D eigenvalue weighted by Crippen LogP contribution is -2.40. The minimum Gasteiger partial charge on any atom is -0.450 e. The van der Waals surface area contributed by atoms with Crippen molar-refractivity contribution in [3.8, 4) is 0 Å². The predicted molar refractivity (Wildman–Crippen MR) is 93.9 cm³/mol. The van der Waals surface area contributed by atoms with Gasteiger partial charge in [-0.15, -0.1) is 0 Å². The third-order valence-corrected chi connectivity index (χ3v) is 5.04. The van der Waals surface area contributed by atoms with Crippen molar-refractivity contribution in [3.63, 3.8) is 0 Å². The minimum atomic E-state index is -0.599. The van der Waals surface area contributed by atoms with Crippen molar-refractivity contribution in [2.75, 3.05) is 19.7 Å². The van der Waals surface area contributed by atoms with E-state index in [0.717, 1.165) is 41.4 Å². The van der Waals surface area contributed by atoms with E-state index >= 15 is 0 Å². The number of hydrogen-bond acceptors (Lipinski definition) is 4. The standard InChI is InChI=1S/C18H20BrNO4/c1-11-5-7-20(8-6-11)16(21)10-23-18(22)17-12(2)14-9-13(19)3-4-15(14)24-17/h3-4,9,11H,5-8,10H2,1-2H3. The Morgan fingerprint density at radius 1 is 1.33 bits per heavy atom. The first-order chi connectivity index (χ1) is 11.5. The van der Waals surface area contributed by atoms with E-state index in [4.69, 9.17) is 9.15 Å². The Morgan fingerprint density at radius 3 is 2.75 bits per heavy atom. The Bertz CT molecular complexity index is 775. The predicted octanol–water partition coefficient (Wildman–Crippen LogP) is 3.92. The first-order valence-corrected chi connectivity index (χ1v) is 8.88. The number of aryl methyl sites for hydroxylation is 1. The fourth-order valence-corrected chi connectivity index (χ4v) is 3.29. The van der Waals surface area contributed by atoms with Crippen LogP contribution in [0.5, 0.6) is 0 Å². The molecular weight excluding hydrogens is 374 g/mol.